The Hall–Kier alpha value is -3.27. The van der Waals surface area contributed by atoms with Gasteiger partial charge in [0.05, 0.1) is 43.1 Å². The van der Waals surface area contributed by atoms with Crippen molar-refractivity contribution in [3.05, 3.63) is 54.1 Å². The maximum Gasteiger partial charge on any atom is 0.157 e. The first-order valence-electron chi connectivity index (χ1n) is 9.49. The number of ether oxygens (including phenoxy) is 3. The Balaban J connectivity index is 1.83. The van der Waals surface area contributed by atoms with Crippen molar-refractivity contribution < 1.29 is 19.3 Å². The van der Waals surface area contributed by atoms with Crippen LogP contribution in [0.15, 0.2) is 48.3 Å². The highest BCUT2D eigenvalue weighted by Crippen LogP contribution is 2.38. The lowest BCUT2D eigenvalue weighted by Gasteiger charge is -2.32. The lowest BCUT2D eigenvalue weighted by atomic mass is 10.2. The molecule has 1 atom stereocenters. The van der Waals surface area contributed by atoms with Gasteiger partial charge in [-0.1, -0.05) is 12.1 Å². The largest absolute Gasteiger partial charge is 0.497 e. The highest BCUT2D eigenvalue weighted by Gasteiger charge is 2.39. The number of hydrazine groups is 1. The Morgan fingerprint density at radius 2 is 1.80 bits per heavy atom. The van der Waals surface area contributed by atoms with Gasteiger partial charge in [0.2, 0.25) is 0 Å². The fourth-order valence-electron chi connectivity index (χ4n) is 3.58. The molecule has 2 heterocycles. The van der Waals surface area contributed by atoms with Crippen molar-refractivity contribution in [3.63, 3.8) is 0 Å². The van der Waals surface area contributed by atoms with Crippen molar-refractivity contribution in [1.82, 2.24) is 15.0 Å². The van der Waals surface area contributed by atoms with Crippen LogP contribution in [0, 0.1) is 0 Å². The summed E-state index contributed by atoms with van der Waals surface area (Å²) in [6, 6.07) is 13.1. The van der Waals surface area contributed by atoms with Gasteiger partial charge in [-0.2, -0.15) is 5.01 Å². The molecule has 0 amide bonds. The third kappa shape index (κ3) is 3.43. The molecule has 1 unspecified atom stereocenters. The number of nitrogens with zero attached hydrogens (tertiary/aromatic N) is 3. The summed E-state index contributed by atoms with van der Waals surface area (Å²) >= 11 is 0. The number of benzene rings is 2. The standard InChI is InChI=1S/C21H25N5O4/c1-28-9-8-25-21(27)18(20-23-16-6-4-5-7-17(16)24-20)19(22)26(25)13-10-14(29-2)12-15(11-13)30-3/h4-7,10-12,21,27H,8-9,22H2,1-3H3,(H,23,24). The lowest BCUT2D eigenvalue weighted by Crippen LogP contribution is -2.45. The number of imidazole rings is 1. The first-order valence-corrected chi connectivity index (χ1v) is 9.49. The minimum absolute atomic E-state index is 0.355. The van der Waals surface area contributed by atoms with E-state index in [0.717, 1.165) is 11.0 Å². The van der Waals surface area contributed by atoms with E-state index in [0.29, 0.717) is 47.6 Å². The molecule has 0 aliphatic carbocycles. The van der Waals surface area contributed by atoms with Gasteiger partial charge in [0, 0.05) is 31.9 Å². The van der Waals surface area contributed by atoms with E-state index < -0.39 is 6.23 Å². The molecule has 2 aromatic carbocycles. The quantitative estimate of drug-likeness (QED) is 0.541. The van der Waals surface area contributed by atoms with E-state index in [1.165, 1.54) is 0 Å². The maximum absolute atomic E-state index is 11.2. The molecule has 0 spiro atoms. The molecule has 1 aromatic heterocycles. The lowest BCUT2D eigenvalue weighted by molar-refractivity contribution is 0.0376. The number of aliphatic hydroxyl groups is 1. The van der Waals surface area contributed by atoms with E-state index in [1.54, 1.807) is 37.4 Å². The number of fused-ring (bicyclic) bond motifs is 1. The van der Waals surface area contributed by atoms with Gasteiger partial charge >= 0.3 is 0 Å². The summed E-state index contributed by atoms with van der Waals surface area (Å²) < 4.78 is 16.0. The van der Waals surface area contributed by atoms with Crippen LogP contribution >= 0.6 is 0 Å². The fourth-order valence-corrected chi connectivity index (χ4v) is 3.58. The van der Waals surface area contributed by atoms with E-state index in [-0.39, 0.29) is 0 Å². The number of rotatable bonds is 7. The number of aliphatic hydroxyl groups excluding tert-OH is 1. The number of anilines is 1. The number of para-hydroxylation sites is 2. The normalized spacial score (nSPS) is 17.2. The summed E-state index contributed by atoms with van der Waals surface area (Å²) in [7, 11) is 4.77. The monoisotopic (exact) mass is 411 g/mol. The van der Waals surface area contributed by atoms with Crippen molar-refractivity contribution in [2.45, 2.75) is 6.23 Å². The van der Waals surface area contributed by atoms with Crippen LogP contribution in [0.1, 0.15) is 5.82 Å². The van der Waals surface area contributed by atoms with Gasteiger partial charge in [-0.25, -0.2) is 4.98 Å². The van der Waals surface area contributed by atoms with Crippen molar-refractivity contribution in [2.24, 2.45) is 5.73 Å². The summed E-state index contributed by atoms with van der Waals surface area (Å²) in [5, 5.41) is 14.6. The van der Waals surface area contributed by atoms with Crippen molar-refractivity contribution >= 4 is 22.3 Å². The van der Waals surface area contributed by atoms with Crippen LogP contribution < -0.4 is 20.2 Å². The number of nitrogens with one attached hydrogen (secondary N) is 1. The zero-order valence-corrected chi connectivity index (χ0v) is 17.1. The number of hydrogen-bond acceptors (Lipinski definition) is 8. The van der Waals surface area contributed by atoms with Crippen LogP contribution in [-0.4, -0.2) is 60.8 Å². The summed E-state index contributed by atoms with van der Waals surface area (Å²) in [6.07, 6.45) is -1.02. The Morgan fingerprint density at radius 3 is 2.43 bits per heavy atom. The van der Waals surface area contributed by atoms with Crippen molar-refractivity contribution in [2.75, 3.05) is 39.5 Å². The number of aromatic amines is 1. The average molecular weight is 411 g/mol. The van der Waals surface area contributed by atoms with Gasteiger partial charge in [0.15, 0.2) is 6.23 Å². The molecular formula is C21H25N5O4. The molecule has 0 fully saturated rings. The van der Waals surface area contributed by atoms with E-state index in [9.17, 15) is 5.11 Å². The summed E-state index contributed by atoms with van der Waals surface area (Å²) in [5.41, 5.74) is 9.40. The van der Waals surface area contributed by atoms with E-state index in [1.807, 2.05) is 36.4 Å². The number of H-pyrrole nitrogens is 1. The molecule has 9 nitrogen and oxygen atoms in total. The highest BCUT2D eigenvalue weighted by molar-refractivity contribution is 5.82. The average Bonchev–Trinajstić information content (AvgIpc) is 3.29. The third-order valence-corrected chi connectivity index (χ3v) is 5.05. The van der Waals surface area contributed by atoms with Gasteiger partial charge in [-0.05, 0) is 12.1 Å². The third-order valence-electron chi connectivity index (χ3n) is 5.05. The van der Waals surface area contributed by atoms with Crippen LogP contribution in [-0.2, 0) is 4.74 Å². The molecule has 4 N–H and O–H groups in total. The molecule has 0 saturated heterocycles. The van der Waals surface area contributed by atoms with Gasteiger partial charge < -0.3 is 30.0 Å². The Morgan fingerprint density at radius 1 is 1.10 bits per heavy atom. The second kappa shape index (κ2) is 8.23. The van der Waals surface area contributed by atoms with Gasteiger partial charge in [0.1, 0.15) is 23.1 Å². The zero-order valence-electron chi connectivity index (χ0n) is 17.1. The second-order valence-corrected chi connectivity index (χ2v) is 6.81. The summed E-state index contributed by atoms with van der Waals surface area (Å²) in [6.45, 7) is 0.803. The molecule has 0 saturated carbocycles. The summed E-state index contributed by atoms with van der Waals surface area (Å²) in [4.78, 5) is 7.87. The molecule has 9 heteroatoms. The Kier molecular flexibility index (Phi) is 5.49. The van der Waals surface area contributed by atoms with Crippen LogP contribution in [0.2, 0.25) is 0 Å². The van der Waals surface area contributed by atoms with Gasteiger partial charge in [-0.3, -0.25) is 5.01 Å². The van der Waals surface area contributed by atoms with Crippen molar-refractivity contribution in [1.29, 1.82) is 0 Å². The summed E-state index contributed by atoms with van der Waals surface area (Å²) in [5.74, 6) is 2.08. The number of nitrogens with two attached hydrogens (primary N) is 1. The molecule has 4 rings (SSSR count). The zero-order chi connectivity index (χ0) is 21.3. The van der Waals surface area contributed by atoms with Crippen LogP contribution in [0.25, 0.3) is 16.6 Å². The molecule has 30 heavy (non-hydrogen) atoms. The first kappa shape index (κ1) is 20.0. The Bertz CT molecular complexity index is 1020. The Labute approximate surface area is 174 Å². The SMILES string of the molecule is COCCN1C(O)C(c2nc3ccccc3[nH]2)=C(N)N1c1cc(OC)cc(OC)c1. The smallest absolute Gasteiger partial charge is 0.157 e. The minimum Gasteiger partial charge on any atom is -0.497 e. The molecule has 158 valence electrons. The number of methoxy groups -OCH3 is 3. The fraction of sp³-hybridized carbons (Fsp3) is 0.286. The van der Waals surface area contributed by atoms with E-state index in [2.05, 4.69) is 9.97 Å². The van der Waals surface area contributed by atoms with Crippen LogP contribution in [0.4, 0.5) is 5.69 Å². The number of hydrogen-bond donors (Lipinski definition) is 3. The van der Waals surface area contributed by atoms with Crippen molar-refractivity contribution in [3.8, 4) is 11.5 Å². The van der Waals surface area contributed by atoms with Crippen LogP contribution in [0.3, 0.4) is 0 Å². The second-order valence-electron chi connectivity index (χ2n) is 6.81. The molecule has 1 aliphatic rings. The topological polar surface area (TPSA) is 109 Å². The maximum atomic E-state index is 11.2. The predicted molar refractivity (Wildman–Crippen MR) is 114 cm³/mol. The first-order chi connectivity index (χ1) is 14.6. The van der Waals surface area contributed by atoms with E-state index in [4.69, 9.17) is 19.9 Å². The van der Waals surface area contributed by atoms with Crippen LogP contribution in [0.5, 0.6) is 11.5 Å². The molecule has 0 bridgehead atoms. The van der Waals surface area contributed by atoms with E-state index >= 15 is 0 Å². The molecule has 0 radical (unpaired) electrons. The molecule has 1 aliphatic heterocycles. The molecular weight excluding hydrogens is 386 g/mol. The van der Waals surface area contributed by atoms with Gasteiger partial charge in [0.25, 0.3) is 0 Å². The predicted octanol–water partition coefficient (Wildman–Crippen LogP) is 1.91. The minimum atomic E-state index is -1.02. The molecule has 3 aromatic rings. The van der Waals surface area contributed by atoms with Gasteiger partial charge in [-0.15, -0.1) is 0 Å². The number of aromatic nitrogens is 2. The highest BCUT2D eigenvalue weighted by atomic mass is 16.5.